The van der Waals surface area contributed by atoms with Gasteiger partial charge in [0.1, 0.15) is 0 Å². The molecule has 0 aromatic heterocycles. The van der Waals surface area contributed by atoms with E-state index in [-0.39, 0.29) is 50.5 Å². The molecule has 0 fully saturated rings. The molecule has 0 aliphatic carbocycles. The van der Waals surface area contributed by atoms with Crippen LogP contribution < -0.4 is 18.8 Å². The van der Waals surface area contributed by atoms with Crippen molar-refractivity contribution in [3.05, 3.63) is 0 Å². The first-order valence-electron chi connectivity index (χ1n) is 0. The molecule has 42 valence electrons. The minimum Gasteiger partial charge on any atom is -1.00 e. The molecule has 0 amide bonds. The van der Waals surface area contributed by atoms with Crippen LogP contribution in [0.2, 0.25) is 0 Å². The first-order valence-corrected chi connectivity index (χ1v) is 0. The number of hydrogen-bond donors (Lipinski definition) is 0. The molecule has 0 saturated carbocycles. The van der Waals surface area contributed by atoms with E-state index in [0.29, 0.717) is 0 Å². The third-order valence-corrected chi connectivity index (χ3v) is 0. The maximum Gasteiger partial charge on any atom is 2.00 e. The standard InChI is InChI=1S/4FH.H2O.Zr/h4*1H;1H2;/q;;;;;+2/p-4. The van der Waals surface area contributed by atoms with Crippen molar-refractivity contribution in [2.24, 2.45) is 0 Å². The van der Waals surface area contributed by atoms with Crippen molar-refractivity contribution in [1.82, 2.24) is 0 Å². The van der Waals surface area contributed by atoms with E-state index in [1.54, 1.807) is 0 Å². The summed E-state index contributed by atoms with van der Waals surface area (Å²) >= 11 is 0. The van der Waals surface area contributed by atoms with Crippen LogP contribution in [-0.2, 0) is 26.2 Å². The van der Waals surface area contributed by atoms with Gasteiger partial charge < -0.3 is 24.3 Å². The summed E-state index contributed by atoms with van der Waals surface area (Å²) in [6.45, 7) is 0. The van der Waals surface area contributed by atoms with Gasteiger partial charge in [-0.15, -0.1) is 0 Å². The van der Waals surface area contributed by atoms with Gasteiger partial charge in [-0.05, 0) is 0 Å². The van der Waals surface area contributed by atoms with Crippen LogP contribution in [-0.4, -0.2) is 5.48 Å². The quantitative estimate of drug-likeness (QED) is 0.336. The Morgan fingerprint density at radius 1 is 0.500 bits per heavy atom. The fourth-order valence-corrected chi connectivity index (χ4v) is 0. The second kappa shape index (κ2) is 365. The topological polar surface area (TPSA) is 31.5 Å². The summed E-state index contributed by atoms with van der Waals surface area (Å²) < 4.78 is 0. The molecule has 6 heavy (non-hydrogen) atoms. The summed E-state index contributed by atoms with van der Waals surface area (Å²) in [5.74, 6) is 0. The Labute approximate surface area is 51.0 Å². The zero-order chi connectivity index (χ0) is 0. The Hall–Kier alpha value is 0.563. The van der Waals surface area contributed by atoms with Crippen LogP contribution in [0.1, 0.15) is 0 Å². The van der Waals surface area contributed by atoms with E-state index in [2.05, 4.69) is 0 Å². The van der Waals surface area contributed by atoms with Gasteiger partial charge in [0.05, 0.1) is 0 Å². The average Bonchev–Trinajstić information content (AvgIpc) is 0. The molecule has 0 aromatic rings. The van der Waals surface area contributed by atoms with Crippen molar-refractivity contribution in [2.45, 2.75) is 0 Å². The molecular weight excluding hydrogens is 183 g/mol. The molecule has 0 heterocycles. The fourth-order valence-electron chi connectivity index (χ4n) is 0. The molecule has 0 unspecified atom stereocenters. The molecule has 0 rings (SSSR count). The number of halogens is 4. The Morgan fingerprint density at radius 2 is 0.500 bits per heavy atom. The third-order valence-electron chi connectivity index (χ3n) is 0. The van der Waals surface area contributed by atoms with Gasteiger partial charge in [-0.2, -0.15) is 0 Å². The summed E-state index contributed by atoms with van der Waals surface area (Å²) in [6, 6.07) is 0. The fraction of sp³-hybridized carbons (Fsp3) is 0. The van der Waals surface area contributed by atoms with E-state index < -0.39 is 0 Å². The first-order chi connectivity index (χ1) is 0. The van der Waals surface area contributed by atoms with Gasteiger partial charge in [-0.3, -0.25) is 0 Å². The summed E-state index contributed by atoms with van der Waals surface area (Å²) in [6.07, 6.45) is 0. The normalized spacial score (nSPS) is 0. The van der Waals surface area contributed by atoms with E-state index >= 15 is 0 Å². The second-order valence-electron chi connectivity index (χ2n) is 0. The molecule has 0 radical (unpaired) electrons. The molecule has 6 heteroatoms. The van der Waals surface area contributed by atoms with Gasteiger partial charge in [0.25, 0.3) is 0 Å². The third kappa shape index (κ3) is 183. The van der Waals surface area contributed by atoms with Crippen LogP contribution in [0.3, 0.4) is 0 Å². The van der Waals surface area contributed by atoms with Gasteiger partial charge in [0.2, 0.25) is 0 Å². The van der Waals surface area contributed by atoms with E-state index in [1.807, 2.05) is 0 Å². The molecule has 0 aliphatic rings. The van der Waals surface area contributed by atoms with Gasteiger partial charge in [-0.25, -0.2) is 0 Å². The molecule has 0 spiro atoms. The van der Waals surface area contributed by atoms with Crippen LogP contribution in [0.25, 0.3) is 0 Å². The minimum absolute atomic E-state index is 0. The minimum atomic E-state index is 0. The predicted octanol–water partition coefficient (Wildman–Crippen LogP) is -12.8. The molecule has 0 atom stereocenters. The Bertz CT molecular complexity index is 7.51. The molecule has 0 bridgehead atoms. The smallest absolute Gasteiger partial charge is 1.00 e. The molecule has 0 aliphatic heterocycles. The largest absolute Gasteiger partial charge is 2.00 e. The SMILES string of the molecule is O.[F-].[F-].[F-].[F-].[Zr+2]. The molecule has 0 aromatic carbocycles. The zero-order valence-corrected chi connectivity index (χ0v) is 4.97. The summed E-state index contributed by atoms with van der Waals surface area (Å²) in [5.41, 5.74) is 0. The van der Waals surface area contributed by atoms with Crippen LogP contribution in [0.5, 0.6) is 0 Å². The van der Waals surface area contributed by atoms with Crippen LogP contribution in [0.4, 0.5) is 0 Å². The van der Waals surface area contributed by atoms with Crippen LogP contribution in [0.15, 0.2) is 0 Å². The zero-order valence-electron chi connectivity index (χ0n) is 2.51. The molecule has 2 N–H and O–H groups in total. The Balaban J connectivity index is 0. The van der Waals surface area contributed by atoms with Crippen molar-refractivity contribution in [3.8, 4) is 0 Å². The molecule has 0 saturated heterocycles. The van der Waals surface area contributed by atoms with Crippen molar-refractivity contribution < 1.29 is 50.5 Å². The van der Waals surface area contributed by atoms with Crippen molar-refractivity contribution in [3.63, 3.8) is 0 Å². The van der Waals surface area contributed by atoms with Crippen molar-refractivity contribution >= 4 is 0 Å². The predicted molar refractivity (Wildman–Crippen MR) is 3.61 cm³/mol. The van der Waals surface area contributed by atoms with Gasteiger partial charge >= 0.3 is 26.2 Å². The summed E-state index contributed by atoms with van der Waals surface area (Å²) in [7, 11) is 0. The monoisotopic (exact) mass is 184 g/mol. The Kier molecular flexibility index (Phi) is 39000. The van der Waals surface area contributed by atoms with Gasteiger partial charge in [-0.1, -0.05) is 0 Å². The summed E-state index contributed by atoms with van der Waals surface area (Å²) in [5, 5.41) is 0. The number of rotatable bonds is 0. The van der Waals surface area contributed by atoms with E-state index in [9.17, 15) is 0 Å². The molecule has 1 nitrogen and oxygen atoms in total. The van der Waals surface area contributed by atoms with E-state index in [1.165, 1.54) is 0 Å². The molecular formula is H2F4OZr-2. The van der Waals surface area contributed by atoms with Crippen LogP contribution >= 0.6 is 0 Å². The van der Waals surface area contributed by atoms with Crippen LogP contribution in [0, 0.1) is 0 Å². The van der Waals surface area contributed by atoms with E-state index in [0.717, 1.165) is 0 Å². The number of hydrogen-bond acceptors (Lipinski definition) is 0. The summed E-state index contributed by atoms with van der Waals surface area (Å²) in [4.78, 5) is 0. The van der Waals surface area contributed by atoms with Gasteiger partial charge in [0, 0.05) is 0 Å². The Morgan fingerprint density at radius 3 is 0.500 bits per heavy atom. The maximum absolute atomic E-state index is 0. The second-order valence-corrected chi connectivity index (χ2v) is 0. The van der Waals surface area contributed by atoms with Gasteiger partial charge in [0.15, 0.2) is 0 Å². The van der Waals surface area contributed by atoms with Crippen molar-refractivity contribution in [1.29, 1.82) is 0 Å². The first kappa shape index (κ1) is 641. The van der Waals surface area contributed by atoms with E-state index in [4.69, 9.17) is 0 Å². The maximum atomic E-state index is 0. The average molecular weight is 185 g/mol. The van der Waals surface area contributed by atoms with Crippen molar-refractivity contribution in [2.75, 3.05) is 0 Å².